The van der Waals surface area contributed by atoms with Gasteiger partial charge in [0.1, 0.15) is 11.5 Å². The Morgan fingerprint density at radius 1 is 0.588 bits per heavy atom. The molecule has 4 aromatic rings. The van der Waals surface area contributed by atoms with Crippen molar-refractivity contribution in [2.45, 2.75) is 25.7 Å². The Hall–Kier alpha value is -4.06. The van der Waals surface area contributed by atoms with E-state index in [1.807, 2.05) is 72.8 Å². The molecule has 0 aromatic heterocycles. The van der Waals surface area contributed by atoms with E-state index >= 15 is 0 Å². The van der Waals surface area contributed by atoms with Gasteiger partial charge in [0.25, 0.3) is 0 Å². The Morgan fingerprint density at radius 3 is 1.41 bits per heavy atom. The van der Waals surface area contributed by atoms with E-state index < -0.39 is 11.9 Å². The Bertz CT molecular complexity index is 1220. The van der Waals surface area contributed by atoms with Gasteiger partial charge in [-0.2, -0.15) is 0 Å². The highest BCUT2D eigenvalue weighted by molar-refractivity contribution is 6.09. The normalized spacial score (nSPS) is 10.9. The highest BCUT2D eigenvalue weighted by Gasteiger charge is 2.19. The number of ether oxygens (including phenoxy) is 2. The number of carbonyl (C=O) groups is 2. The van der Waals surface area contributed by atoms with Crippen molar-refractivity contribution in [3.05, 3.63) is 72.8 Å². The van der Waals surface area contributed by atoms with Crippen molar-refractivity contribution in [3.8, 4) is 22.6 Å². The quantitative estimate of drug-likeness (QED) is 0.262. The molecule has 174 valence electrons. The zero-order chi connectivity index (χ0) is 23.9. The van der Waals surface area contributed by atoms with Crippen LogP contribution in [0.1, 0.15) is 25.7 Å². The summed E-state index contributed by atoms with van der Waals surface area (Å²) in [6.45, 7) is 0.550. The van der Waals surface area contributed by atoms with Crippen molar-refractivity contribution in [2.24, 2.45) is 0 Å². The van der Waals surface area contributed by atoms with Crippen LogP contribution in [0, 0.1) is 0 Å². The summed E-state index contributed by atoms with van der Waals surface area (Å²) in [4.78, 5) is 21.8. The summed E-state index contributed by atoms with van der Waals surface area (Å²) in [5, 5.41) is 22.0. The zero-order valence-corrected chi connectivity index (χ0v) is 18.7. The van der Waals surface area contributed by atoms with Crippen LogP contribution in [0.25, 0.3) is 32.7 Å². The highest BCUT2D eigenvalue weighted by Crippen LogP contribution is 2.45. The Balaban J connectivity index is 1.84. The Labute approximate surface area is 197 Å². The van der Waals surface area contributed by atoms with Gasteiger partial charge < -0.3 is 19.7 Å². The third-order valence-electron chi connectivity index (χ3n) is 5.62. The number of benzene rings is 4. The van der Waals surface area contributed by atoms with Crippen LogP contribution in [0.5, 0.6) is 11.5 Å². The Kier molecular flexibility index (Phi) is 7.28. The molecule has 0 amide bonds. The number of carboxylic acid groups (broad SMARTS) is 2. The molecule has 0 saturated carbocycles. The molecule has 6 nitrogen and oxygen atoms in total. The van der Waals surface area contributed by atoms with E-state index in [0.29, 0.717) is 24.3 Å². The SMILES string of the molecule is O=C(O)CCCOc1ccc2ccccc2c1-c1c(OCCCC(=O)O)ccc2ccccc12. The second-order valence-corrected chi connectivity index (χ2v) is 8.01. The van der Waals surface area contributed by atoms with Crippen molar-refractivity contribution >= 4 is 33.5 Å². The molecule has 0 unspecified atom stereocenters. The molecule has 0 bridgehead atoms. The van der Waals surface area contributed by atoms with Crippen molar-refractivity contribution < 1.29 is 29.3 Å². The molecular weight excluding hydrogens is 432 g/mol. The smallest absolute Gasteiger partial charge is 0.303 e. The maximum Gasteiger partial charge on any atom is 0.303 e. The molecule has 4 rings (SSSR count). The molecular formula is C28H26O6. The lowest BCUT2D eigenvalue weighted by molar-refractivity contribution is -0.138. The van der Waals surface area contributed by atoms with Crippen molar-refractivity contribution in [1.29, 1.82) is 0 Å². The number of hydrogen-bond acceptors (Lipinski definition) is 4. The lowest BCUT2D eigenvalue weighted by atomic mass is 9.92. The summed E-state index contributed by atoms with van der Waals surface area (Å²) in [6.07, 6.45) is 0.871. The first-order valence-electron chi connectivity index (χ1n) is 11.3. The van der Waals surface area contributed by atoms with Crippen LogP contribution in [-0.2, 0) is 9.59 Å². The van der Waals surface area contributed by atoms with Crippen LogP contribution in [-0.4, -0.2) is 35.4 Å². The fraction of sp³-hybridized carbons (Fsp3) is 0.214. The van der Waals surface area contributed by atoms with Gasteiger partial charge in [0, 0.05) is 24.0 Å². The number of hydrogen-bond donors (Lipinski definition) is 2. The number of rotatable bonds is 11. The number of aliphatic carboxylic acids is 2. The molecule has 0 saturated heterocycles. The summed E-state index contributed by atoms with van der Waals surface area (Å²) in [5.74, 6) is -0.409. The van der Waals surface area contributed by atoms with E-state index in [4.69, 9.17) is 19.7 Å². The fourth-order valence-corrected chi connectivity index (χ4v) is 4.07. The van der Waals surface area contributed by atoms with Crippen LogP contribution >= 0.6 is 0 Å². The minimum absolute atomic E-state index is 0.0368. The molecule has 6 heteroatoms. The van der Waals surface area contributed by atoms with Crippen LogP contribution in [0.3, 0.4) is 0 Å². The lowest BCUT2D eigenvalue weighted by Gasteiger charge is -2.19. The van der Waals surface area contributed by atoms with Gasteiger partial charge in [-0.3, -0.25) is 9.59 Å². The van der Waals surface area contributed by atoms with Gasteiger partial charge in [-0.15, -0.1) is 0 Å². The standard InChI is InChI=1S/C28H26O6/c29-25(30)11-5-17-33-23-15-13-19-7-1-3-9-21(19)27(23)28-22-10-4-2-8-20(22)14-16-24(28)34-18-6-12-26(31)32/h1-4,7-10,13-16H,5-6,11-12,17-18H2,(H,29,30)(H,31,32). The van der Waals surface area contributed by atoms with E-state index in [2.05, 4.69) is 0 Å². The maximum absolute atomic E-state index is 10.9. The molecule has 0 radical (unpaired) electrons. The van der Waals surface area contributed by atoms with Gasteiger partial charge in [0.05, 0.1) is 13.2 Å². The van der Waals surface area contributed by atoms with Gasteiger partial charge in [-0.05, 0) is 46.5 Å². The molecule has 0 aliphatic carbocycles. The second-order valence-electron chi connectivity index (χ2n) is 8.01. The third-order valence-corrected chi connectivity index (χ3v) is 5.62. The second kappa shape index (κ2) is 10.7. The lowest BCUT2D eigenvalue weighted by Crippen LogP contribution is -2.05. The van der Waals surface area contributed by atoms with Crippen molar-refractivity contribution in [2.75, 3.05) is 13.2 Å². The van der Waals surface area contributed by atoms with Crippen molar-refractivity contribution in [3.63, 3.8) is 0 Å². The Morgan fingerprint density at radius 2 is 1.00 bits per heavy atom. The van der Waals surface area contributed by atoms with E-state index in [-0.39, 0.29) is 26.1 Å². The van der Waals surface area contributed by atoms with E-state index in [9.17, 15) is 9.59 Å². The third kappa shape index (κ3) is 5.29. The summed E-state index contributed by atoms with van der Waals surface area (Å²) in [5.41, 5.74) is 1.75. The first kappa shape index (κ1) is 23.1. The monoisotopic (exact) mass is 458 g/mol. The van der Waals surface area contributed by atoms with Crippen LogP contribution in [0.4, 0.5) is 0 Å². The van der Waals surface area contributed by atoms with Crippen molar-refractivity contribution in [1.82, 2.24) is 0 Å². The topological polar surface area (TPSA) is 93.1 Å². The van der Waals surface area contributed by atoms with Gasteiger partial charge in [-0.25, -0.2) is 0 Å². The van der Waals surface area contributed by atoms with E-state index in [0.717, 1.165) is 32.7 Å². The summed E-state index contributed by atoms with van der Waals surface area (Å²) < 4.78 is 12.2. The van der Waals surface area contributed by atoms with Gasteiger partial charge in [-0.1, -0.05) is 60.7 Å². The van der Waals surface area contributed by atoms with Crippen LogP contribution in [0.15, 0.2) is 72.8 Å². The molecule has 4 aromatic carbocycles. The van der Waals surface area contributed by atoms with E-state index in [1.165, 1.54) is 0 Å². The first-order chi connectivity index (χ1) is 16.5. The molecule has 0 atom stereocenters. The average Bonchev–Trinajstić information content (AvgIpc) is 2.84. The summed E-state index contributed by atoms with van der Waals surface area (Å²) >= 11 is 0. The summed E-state index contributed by atoms with van der Waals surface area (Å²) in [6, 6.07) is 23.8. The maximum atomic E-state index is 10.9. The minimum atomic E-state index is -0.853. The minimum Gasteiger partial charge on any atom is -0.493 e. The van der Waals surface area contributed by atoms with Crippen LogP contribution in [0.2, 0.25) is 0 Å². The van der Waals surface area contributed by atoms with Gasteiger partial charge in [0.15, 0.2) is 0 Å². The number of fused-ring (bicyclic) bond motifs is 2. The predicted octanol–water partition coefficient (Wildman–Crippen LogP) is 6.15. The summed E-state index contributed by atoms with van der Waals surface area (Å²) in [7, 11) is 0. The van der Waals surface area contributed by atoms with E-state index in [1.54, 1.807) is 0 Å². The molecule has 2 N–H and O–H groups in total. The molecule has 0 aliphatic rings. The van der Waals surface area contributed by atoms with Gasteiger partial charge >= 0.3 is 11.9 Å². The van der Waals surface area contributed by atoms with Crippen LogP contribution < -0.4 is 9.47 Å². The molecule has 0 aliphatic heterocycles. The first-order valence-corrected chi connectivity index (χ1v) is 11.3. The predicted molar refractivity (Wildman–Crippen MR) is 132 cm³/mol. The zero-order valence-electron chi connectivity index (χ0n) is 18.7. The van der Waals surface area contributed by atoms with Gasteiger partial charge in [0.2, 0.25) is 0 Å². The number of carboxylic acids is 2. The average molecular weight is 459 g/mol. The molecule has 0 spiro atoms. The molecule has 0 heterocycles. The highest BCUT2D eigenvalue weighted by atomic mass is 16.5. The fourth-order valence-electron chi connectivity index (χ4n) is 4.07. The molecule has 34 heavy (non-hydrogen) atoms. The molecule has 0 fully saturated rings. The largest absolute Gasteiger partial charge is 0.493 e.